The van der Waals surface area contributed by atoms with Crippen molar-refractivity contribution in [2.45, 2.75) is 12.8 Å². The van der Waals surface area contributed by atoms with Gasteiger partial charge in [-0.2, -0.15) is 0 Å². The summed E-state index contributed by atoms with van der Waals surface area (Å²) in [6.07, 6.45) is 2.34. The van der Waals surface area contributed by atoms with Gasteiger partial charge in [-0.05, 0) is 30.7 Å². The molecule has 1 heterocycles. The molecule has 0 atom stereocenters. The first-order chi connectivity index (χ1) is 10.8. The second kappa shape index (κ2) is 7.88. The number of benzene rings is 1. The zero-order valence-electron chi connectivity index (χ0n) is 13.4. The Labute approximate surface area is 137 Å². The normalized spacial score (nSPS) is 17.0. The molecule has 0 bridgehead atoms. The van der Waals surface area contributed by atoms with Gasteiger partial charge in [0.2, 0.25) is 5.91 Å². The minimum atomic E-state index is -2.96. The second-order valence-electron chi connectivity index (χ2n) is 6.01. The zero-order valence-corrected chi connectivity index (χ0v) is 14.2. The van der Waals surface area contributed by atoms with Crippen LogP contribution in [0.2, 0.25) is 0 Å². The number of rotatable bonds is 5. The van der Waals surface area contributed by atoms with E-state index >= 15 is 0 Å². The molecule has 1 amide bonds. The molecule has 1 aliphatic rings. The molecule has 0 aromatic heterocycles. The van der Waals surface area contributed by atoms with Gasteiger partial charge in [0.25, 0.3) is 0 Å². The van der Waals surface area contributed by atoms with Gasteiger partial charge < -0.3 is 9.80 Å². The van der Waals surface area contributed by atoms with Gasteiger partial charge in [-0.25, -0.2) is 12.8 Å². The van der Waals surface area contributed by atoms with E-state index in [0.717, 1.165) is 18.5 Å². The average molecular weight is 342 g/mol. The Balaban J connectivity index is 1.84. The van der Waals surface area contributed by atoms with Gasteiger partial charge in [-0.3, -0.25) is 4.79 Å². The maximum Gasteiger partial charge on any atom is 0.227 e. The molecule has 0 radical (unpaired) electrons. The fourth-order valence-corrected chi connectivity index (χ4v) is 3.22. The molecule has 1 fully saturated rings. The molecule has 0 saturated carbocycles. The van der Waals surface area contributed by atoms with Gasteiger partial charge >= 0.3 is 0 Å². The van der Waals surface area contributed by atoms with E-state index in [1.165, 1.54) is 18.4 Å². The monoisotopic (exact) mass is 342 g/mol. The number of hydrogen-bond donors (Lipinski definition) is 0. The Morgan fingerprint density at radius 2 is 1.83 bits per heavy atom. The summed E-state index contributed by atoms with van der Waals surface area (Å²) in [7, 11) is -2.96. The Kier molecular flexibility index (Phi) is 6.12. The standard InChI is InChI=1S/C16H23FN2O3S/c1-23(21,22)12-11-18-7-2-8-19(10-9-18)16(20)13-14-3-5-15(17)6-4-14/h3-6H,2,7-13H2,1H3. The molecule has 5 nitrogen and oxygen atoms in total. The van der Waals surface area contributed by atoms with Crippen molar-refractivity contribution >= 4 is 15.7 Å². The van der Waals surface area contributed by atoms with Crippen molar-refractivity contribution < 1.29 is 17.6 Å². The van der Waals surface area contributed by atoms with Crippen LogP contribution in [-0.4, -0.2) is 68.9 Å². The molecular weight excluding hydrogens is 319 g/mol. The summed E-state index contributed by atoms with van der Waals surface area (Å²) in [5.74, 6) is -0.129. The van der Waals surface area contributed by atoms with Crippen LogP contribution in [0, 0.1) is 5.82 Å². The Morgan fingerprint density at radius 1 is 1.13 bits per heavy atom. The van der Waals surface area contributed by atoms with Crippen molar-refractivity contribution in [1.29, 1.82) is 0 Å². The van der Waals surface area contributed by atoms with E-state index in [4.69, 9.17) is 0 Å². The van der Waals surface area contributed by atoms with Gasteiger partial charge in [0.1, 0.15) is 15.7 Å². The van der Waals surface area contributed by atoms with Crippen LogP contribution in [0.15, 0.2) is 24.3 Å². The molecule has 128 valence electrons. The molecular formula is C16H23FN2O3S. The minimum absolute atomic E-state index is 0.0292. The number of nitrogens with zero attached hydrogens (tertiary/aromatic N) is 2. The largest absolute Gasteiger partial charge is 0.341 e. The summed E-state index contributed by atoms with van der Waals surface area (Å²) in [5, 5.41) is 0. The predicted molar refractivity (Wildman–Crippen MR) is 87.5 cm³/mol. The molecule has 1 aromatic rings. The summed E-state index contributed by atoms with van der Waals surface area (Å²) in [6.45, 7) is 3.28. The van der Waals surface area contributed by atoms with Gasteiger partial charge in [0, 0.05) is 32.4 Å². The maximum absolute atomic E-state index is 12.9. The van der Waals surface area contributed by atoms with E-state index in [2.05, 4.69) is 4.90 Å². The first-order valence-corrected chi connectivity index (χ1v) is 9.82. The van der Waals surface area contributed by atoms with E-state index < -0.39 is 9.84 Å². The van der Waals surface area contributed by atoms with E-state index in [-0.39, 0.29) is 23.9 Å². The molecule has 0 unspecified atom stereocenters. The smallest absolute Gasteiger partial charge is 0.227 e. The van der Waals surface area contributed by atoms with E-state index in [1.807, 2.05) is 4.90 Å². The lowest BCUT2D eigenvalue weighted by atomic mass is 10.1. The van der Waals surface area contributed by atoms with Crippen LogP contribution in [0.4, 0.5) is 4.39 Å². The van der Waals surface area contributed by atoms with E-state index in [9.17, 15) is 17.6 Å². The lowest BCUT2D eigenvalue weighted by Gasteiger charge is -2.22. The number of amides is 1. The van der Waals surface area contributed by atoms with E-state index in [0.29, 0.717) is 26.2 Å². The van der Waals surface area contributed by atoms with Crippen LogP contribution in [0.25, 0.3) is 0 Å². The maximum atomic E-state index is 12.9. The molecule has 2 rings (SSSR count). The summed E-state index contributed by atoms with van der Waals surface area (Å²) in [6, 6.07) is 5.98. The fourth-order valence-electron chi connectivity index (χ4n) is 2.63. The molecule has 0 spiro atoms. The lowest BCUT2D eigenvalue weighted by molar-refractivity contribution is -0.130. The second-order valence-corrected chi connectivity index (χ2v) is 8.27. The van der Waals surface area contributed by atoms with Crippen LogP contribution in [-0.2, 0) is 21.1 Å². The van der Waals surface area contributed by atoms with Crippen LogP contribution < -0.4 is 0 Å². The van der Waals surface area contributed by atoms with Crippen LogP contribution in [0.3, 0.4) is 0 Å². The van der Waals surface area contributed by atoms with Gasteiger partial charge in [-0.15, -0.1) is 0 Å². The number of sulfone groups is 1. The number of carbonyl (C=O) groups is 1. The molecule has 1 aliphatic heterocycles. The van der Waals surface area contributed by atoms with E-state index in [1.54, 1.807) is 12.1 Å². The Bertz CT molecular complexity index is 631. The Hall–Kier alpha value is -1.47. The fraction of sp³-hybridized carbons (Fsp3) is 0.562. The molecule has 7 heteroatoms. The lowest BCUT2D eigenvalue weighted by Crippen LogP contribution is -2.37. The number of carbonyl (C=O) groups excluding carboxylic acids is 1. The minimum Gasteiger partial charge on any atom is -0.341 e. The molecule has 1 aromatic carbocycles. The highest BCUT2D eigenvalue weighted by molar-refractivity contribution is 7.90. The van der Waals surface area contributed by atoms with Crippen LogP contribution >= 0.6 is 0 Å². The Morgan fingerprint density at radius 3 is 2.48 bits per heavy atom. The third-order valence-corrected chi connectivity index (χ3v) is 4.91. The van der Waals surface area contributed by atoms with Crippen molar-refractivity contribution in [2.75, 3.05) is 44.7 Å². The SMILES string of the molecule is CS(=O)(=O)CCN1CCCN(C(=O)Cc2ccc(F)cc2)CC1. The predicted octanol–water partition coefficient (Wildman–Crippen LogP) is 0.947. The van der Waals surface area contributed by atoms with Crippen molar-refractivity contribution in [2.24, 2.45) is 0 Å². The van der Waals surface area contributed by atoms with Crippen LogP contribution in [0.5, 0.6) is 0 Å². The van der Waals surface area contributed by atoms with Crippen molar-refractivity contribution in [3.63, 3.8) is 0 Å². The van der Waals surface area contributed by atoms with Crippen LogP contribution in [0.1, 0.15) is 12.0 Å². The van der Waals surface area contributed by atoms with Gasteiger partial charge in [-0.1, -0.05) is 12.1 Å². The van der Waals surface area contributed by atoms with Crippen molar-refractivity contribution in [3.05, 3.63) is 35.6 Å². The molecule has 23 heavy (non-hydrogen) atoms. The van der Waals surface area contributed by atoms with Crippen molar-refractivity contribution in [3.8, 4) is 0 Å². The third kappa shape index (κ3) is 6.27. The highest BCUT2D eigenvalue weighted by Gasteiger charge is 2.19. The zero-order chi connectivity index (χ0) is 16.9. The summed E-state index contributed by atoms with van der Waals surface area (Å²) in [4.78, 5) is 16.2. The number of hydrogen-bond acceptors (Lipinski definition) is 4. The molecule has 0 N–H and O–H groups in total. The quantitative estimate of drug-likeness (QED) is 0.799. The molecule has 1 saturated heterocycles. The first-order valence-electron chi connectivity index (χ1n) is 7.76. The summed E-state index contributed by atoms with van der Waals surface area (Å²) >= 11 is 0. The highest BCUT2D eigenvalue weighted by Crippen LogP contribution is 2.09. The first kappa shape index (κ1) is 17.9. The average Bonchev–Trinajstić information content (AvgIpc) is 2.72. The van der Waals surface area contributed by atoms with Gasteiger partial charge in [0.05, 0.1) is 12.2 Å². The number of halogens is 1. The summed E-state index contributed by atoms with van der Waals surface area (Å²) in [5.41, 5.74) is 0.801. The topological polar surface area (TPSA) is 57.7 Å². The van der Waals surface area contributed by atoms with Crippen molar-refractivity contribution in [1.82, 2.24) is 9.80 Å². The van der Waals surface area contributed by atoms with Gasteiger partial charge in [0.15, 0.2) is 0 Å². The highest BCUT2D eigenvalue weighted by atomic mass is 32.2. The third-order valence-electron chi connectivity index (χ3n) is 3.99. The molecule has 0 aliphatic carbocycles. The summed E-state index contributed by atoms with van der Waals surface area (Å²) < 4.78 is 35.4.